The first-order chi connectivity index (χ1) is 6.06. The van der Waals surface area contributed by atoms with Gasteiger partial charge in [0, 0.05) is 5.69 Å². The van der Waals surface area contributed by atoms with E-state index in [0.717, 1.165) is 5.69 Å². The number of carboxylic acids is 1. The number of aromatic carboxylic acids is 1. The maximum Gasteiger partial charge on any atom is 0.337 e. The number of aromatic nitrogens is 1. The zero-order valence-electron chi connectivity index (χ0n) is 7.33. The highest BCUT2D eigenvalue weighted by atomic mass is 16.4. The summed E-state index contributed by atoms with van der Waals surface area (Å²) in [6.45, 7) is 3.26. The molecule has 0 aliphatic rings. The third kappa shape index (κ3) is 1.69. The molecule has 0 aliphatic carbocycles. The molecule has 0 aliphatic heterocycles. The lowest BCUT2D eigenvalue weighted by Crippen LogP contribution is -2.04. The molecule has 0 bridgehead atoms. The van der Waals surface area contributed by atoms with Crippen LogP contribution in [-0.2, 0) is 0 Å². The van der Waals surface area contributed by atoms with Crippen molar-refractivity contribution in [3.05, 3.63) is 23.0 Å². The van der Waals surface area contributed by atoms with E-state index in [9.17, 15) is 4.79 Å². The molecule has 1 aromatic rings. The Morgan fingerprint density at radius 1 is 1.62 bits per heavy atom. The van der Waals surface area contributed by atoms with Crippen LogP contribution in [0.1, 0.15) is 28.7 Å². The summed E-state index contributed by atoms with van der Waals surface area (Å²) in [5.74, 6) is -1.04. The summed E-state index contributed by atoms with van der Waals surface area (Å²) in [6, 6.07) is 1.49. The van der Waals surface area contributed by atoms with Gasteiger partial charge in [0.2, 0.25) is 0 Å². The van der Waals surface area contributed by atoms with Crippen molar-refractivity contribution in [3.63, 3.8) is 0 Å². The maximum absolute atomic E-state index is 10.7. The third-order valence-electron chi connectivity index (χ3n) is 1.69. The van der Waals surface area contributed by atoms with Crippen molar-refractivity contribution in [2.24, 2.45) is 5.16 Å². The maximum atomic E-state index is 10.7. The normalized spacial score (nSPS) is 11.7. The van der Waals surface area contributed by atoms with Crippen molar-refractivity contribution >= 4 is 11.7 Å². The molecule has 70 valence electrons. The Morgan fingerprint density at radius 2 is 2.23 bits per heavy atom. The molecule has 0 saturated carbocycles. The lowest BCUT2D eigenvalue weighted by Gasteiger charge is -1.95. The van der Waals surface area contributed by atoms with Crippen molar-refractivity contribution < 1.29 is 15.1 Å². The first kappa shape index (κ1) is 9.31. The van der Waals surface area contributed by atoms with Crippen LogP contribution in [0.4, 0.5) is 0 Å². The highest BCUT2D eigenvalue weighted by molar-refractivity contribution is 6.06. The molecule has 1 rings (SSSR count). The van der Waals surface area contributed by atoms with Gasteiger partial charge < -0.3 is 15.3 Å². The van der Waals surface area contributed by atoms with Crippen molar-refractivity contribution in [2.45, 2.75) is 13.8 Å². The van der Waals surface area contributed by atoms with Gasteiger partial charge in [-0.3, -0.25) is 0 Å². The van der Waals surface area contributed by atoms with Gasteiger partial charge in [0.05, 0.1) is 11.3 Å². The van der Waals surface area contributed by atoms with Crippen LogP contribution in [0.2, 0.25) is 0 Å². The average Bonchev–Trinajstić information content (AvgIpc) is 2.46. The van der Waals surface area contributed by atoms with Gasteiger partial charge in [0.25, 0.3) is 0 Å². The lowest BCUT2D eigenvalue weighted by atomic mass is 10.2. The zero-order valence-corrected chi connectivity index (χ0v) is 7.33. The van der Waals surface area contributed by atoms with E-state index in [0.29, 0.717) is 5.69 Å². The molecule has 1 heterocycles. The molecule has 0 fully saturated rings. The van der Waals surface area contributed by atoms with Gasteiger partial charge in [-0.05, 0) is 19.9 Å². The predicted octanol–water partition coefficient (Wildman–Crippen LogP) is 1.22. The van der Waals surface area contributed by atoms with Crippen LogP contribution in [0, 0.1) is 6.92 Å². The second kappa shape index (κ2) is 3.30. The second-order valence-corrected chi connectivity index (χ2v) is 2.73. The molecule has 13 heavy (non-hydrogen) atoms. The average molecular weight is 182 g/mol. The fourth-order valence-corrected chi connectivity index (χ4v) is 1.09. The van der Waals surface area contributed by atoms with E-state index in [1.165, 1.54) is 13.0 Å². The first-order valence-corrected chi connectivity index (χ1v) is 3.68. The van der Waals surface area contributed by atoms with Crippen LogP contribution < -0.4 is 0 Å². The van der Waals surface area contributed by atoms with E-state index in [2.05, 4.69) is 10.1 Å². The van der Waals surface area contributed by atoms with Gasteiger partial charge in [-0.25, -0.2) is 4.79 Å². The smallest absolute Gasteiger partial charge is 0.337 e. The van der Waals surface area contributed by atoms with E-state index < -0.39 is 5.97 Å². The molecular formula is C8H10N2O3. The minimum absolute atomic E-state index is 0.118. The summed E-state index contributed by atoms with van der Waals surface area (Å²) in [4.78, 5) is 13.5. The van der Waals surface area contributed by atoms with Crippen LogP contribution in [0.15, 0.2) is 11.2 Å². The molecule has 0 unspecified atom stereocenters. The summed E-state index contributed by atoms with van der Waals surface area (Å²) in [6.07, 6.45) is 0. The number of nitrogens with zero attached hydrogens (tertiary/aromatic N) is 1. The molecule has 5 heteroatoms. The topological polar surface area (TPSA) is 85.7 Å². The molecular weight excluding hydrogens is 172 g/mol. The van der Waals surface area contributed by atoms with Gasteiger partial charge in [0.15, 0.2) is 0 Å². The summed E-state index contributed by atoms with van der Waals surface area (Å²) in [5.41, 5.74) is 1.43. The Kier molecular flexibility index (Phi) is 2.36. The van der Waals surface area contributed by atoms with Gasteiger partial charge in [-0.2, -0.15) is 0 Å². The van der Waals surface area contributed by atoms with E-state index >= 15 is 0 Å². The van der Waals surface area contributed by atoms with E-state index in [4.69, 9.17) is 10.3 Å². The third-order valence-corrected chi connectivity index (χ3v) is 1.69. The Labute approximate surface area is 74.7 Å². The SMILES string of the molecule is C/C(=N\O)c1[nH]c(C)cc1C(=O)O. The number of carbonyl (C=O) groups is 1. The Hall–Kier alpha value is -1.78. The zero-order chi connectivity index (χ0) is 10.0. The molecule has 0 amide bonds. The first-order valence-electron chi connectivity index (χ1n) is 3.68. The monoisotopic (exact) mass is 182 g/mol. The molecule has 0 aromatic carbocycles. The quantitative estimate of drug-likeness (QED) is 0.365. The van der Waals surface area contributed by atoms with Crippen molar-refractivity contribution in [2.75, 3.05) is 0 Å². The van der Waals surface area contributed by atoms with E-state index in [-0.39, 0.29) is 11.3 Å². The molecule has 0 spiro atoms. The second-order valence-electron chi connectivity index (χ2n) is 2.73. The number of aryl methyl sites for hydroxylation is 1. The van der Waals surface area contributed by atoms with Gasteiger partial charge >= 0.3 is 5.97 Å². The summed E-state index contributed by atoms with van der Waals surface area (Å²) in [7, 11) is 0. The summed E-state index contributed by atoms with van der Waals surface area (Å²) in [5, 5.41) is 20.2. The molecule has 1 aromatic heterocycles. The highest BCUT2D eigenvalue weighted by Gasteiger charge is 2.15. The van der Waals surface area contributed by atoms with Gasteiger partial charge in [0.1, 0.15) is 5.71 Å². The number of oxime groups is 1. The molecule has 0 radical (unpaired) electrons. The van der Waals surface area contributed by atoms with Crippen LogP contribution in [0.5, 0.6) is 0 Å². The Bertz CT molecular complexity index is 365. The molecule has 0 atom stereocenters. The minimum Gasteiger partial charge on any atom is -0.478 e. The highest BCUT2D eigenvalue weighted by Crippen LogP contribution is 2.11. The van der Waals surface area contributed by atoms with Crippen LogP contribution in [0.3, 0.4) is 0 Å². The fraction of sp³-hybridized carbons (Fsp3) is 0.250. The van der Waals surface area contributed by atoms with Crippen molar-refractivity contribution in [1.82, 2.24) is 4.98 Å². The van der Waals surface area contributed by atoms with Crippen molar-refractivity contribution in [1.29, 1.82) is 0 Å². The summed E-state index contributed by atoms with van der Waals surface area (Å²) >= 11 is 0. The number of carboxylic acid groups (broad SMARTS) is 1. The van der Waals surface area contributed by atoms with Crippen molar-refractivity contribution in [3.8, 4) is 0 Å². The number of rotatable bonds is 2. The van der Waals surface area contributed by atoms with Crippen LogP contribution in [0.25, 0.3) is 0 Å². The Balaban J connectivity index is 3.27. The predicted molar refractivity (Wildman–Crippen MR) is 46.5 cm³/mol. The van der Waals surface area contributed by atoms with E-state index in [1.54, 1.807) is 6.92 Å². The molecule has 3 N–H and O–H groups in total. The largest absolute Gasteiger partial charge is 0.478 e. The number of H-pyrrole nitrogens is 1. The standard InChI is InChI=1S/C8H10N2O3/c1-4-3-6(8(11)12)7(9-4)5(2)10-13/h3,9,13H,1-2H3,(H,11,12)/b10-5+. The number of aromatic amines is 1. The number of hydrogen-bond acceptors (Lipinski definition) is 3. The van der Waals surface area contributed by atoms with Crippen LogP contribution >= 0.6 is 0 Å². The molecule has 5 nitrogen and oxygen atoms in total. The molecule has 0 saturated heterocycles. The number of nitrogens with one attached hydrogen (secondary N) is 1. The minimum atomic E-state index is -1.04. The van der Waals surface area contributed by atoms with E-state index in [1.807, 2.05) is 0 Å². The lowest BCUT2D eigenvalue weighted by molar-refractivity contribution is 0.0697. The van der Waals surface area contributed by atoms with Gasteiger partial charge in [-0.15, -0.1) is 0 Å². The van der Waals surface area contributed by atoms with Gasteiger partial charge in [-0.1, -0.05) is 5.16 Å². The number of hydrogen-bond donors (Lipinski definition) is 3. The summed E-state index contributed by atoms with van der Waals surface area (Å²) < 4.78 is 0. The Morgan fingerprint density at radius 3 is 2.69 bits per heavy atom. The van der Waals surface area contributed by atoms with Crippen LogP contribution in [-0.4, -0.2) is 27.0 Å². The fourth-order valence-electron chi connectivity index (χ4n) is 1.09.